The third kappa shape index (κ3) is 3.53. The lowest BCUT2D eigenvalue weighted by atomic mass is 10.1. The lowest BCUT2D eigenvalue weighted by molar-refractivity contribution is 0.0783. The third-order valence-electron chi connectivity index (χ3n) is 2.39. The van der Waals surface area contributed by atoms with Crippen LogP contribution in [0.2, 0.25) is 0 Å². The van der Waals surface area contributed by atoms with E-state index in [2.05, 4.69) is 18.8 Å². The number of nitrogens with zero attached hydrogens (tertiary/aromatic N) is 2. The second-order valence-corrected chi connectivity index (χ2v) is 4.39. The van der Waals surface area contributed by atoms with Crippen molar-refractivity contribution < 1.29 is 4.79 Å². The Morgan fingerprint density at radius 3 is 2.69 bits per heavy atom. The van der Waals surface area contributed by atoms with E-state index < -0.39 is 0 Å². The van der Waals surface area contributed by atoms with Crippen molar-refractivity contribution >= 4 is 11.6 Å². The molecule has 0 saturated heterocycles. The molecule has 0 spiro atoms. The zero-order chi connectivity index (χ0) is 12.1. The van der Waals surface area contributed by atoms with E-state index in [4.69, 9.17) is 5.73 Å². The molecule has 0 aliphatic rings. The Bertz CT molecular complexity index is 346. The Hall–Kier alpha value is -1.58. The number of rotatable bonds is 4. The third-order valence-corrected chi connectivity index (χ3v) is 2.39. The van der Waals surface area contributed by atoms with Crippen molar-refractivity contribution in [3.05, 3.63) is 24.0 Å². The lowest BCUT2D eigenvalue weighted by Gasteiger charge is -2.17. The largest absolute Gasteiger partial charge is 0.397 e. The number of anilines is 1. The molecule has 0 aromatic carbocycles. The number of amides is 1. The zero-order valence-corrected chi connectivity index (χ0v) is 10.1. The predicted octanol–water partition coefficient (Wildman–Crippen LogP) is 1.78. The molecule has 0 unspecified atom stereocenters. The van der Waals surface area contributed by atoms with Gasteiger partial charge in [-0.2, -0.15) is 0 Å². The first-order chi connectivity index (χ1) is 7.50. The fraction of sp³-hybridized carbons (Fsp3) is 0.500. The van der Waals surface area contributed by atoms with E-state index >= 15 is 0 Å². The van der Waals surface area contributed by atoms with Crippen molar-refractivity contribution in [2.45, 2.75) is 20.3 Å². The van der Waals surface area contributed by atoms with Gasteiger partial charge in [-0.1, -0.05) is 13.8 Å². The summed E-state index contributed by atoms with van der Waals surface area (Å²) >= 11 is 0. The quantitative estimate of drug-likeness (QED) is 0.843. The van der Waals surface area contributed by atoms with Crippen molar-refractivity contribution in [3.63, 3.8) is 0 Å². The highest BCUT2D eigenvalue weighted by Crippen LogP contribution is 2.06. The SMILES string of the molecule is CC(C)CCN(C)C(=O)c1ccc(N)cn1. The van der Waals surface area contributed by atoms with Crippen LogP contribution in [0.4, 0.5) is 5.69 Å². The maximum atomic E-state index is 11.9. The van der Waals surface area contributed by atoms with Crippen LogP contribution in [0.15, 0.2) is 18.3 Å². The maximum Gasteiger partial charge on any atom is 0.272 e. The molecule has 1 aromatic heterocycles. The number of nitrogens with two attached hydrogens (primary N) is 1. The van der Waals surface area contributed by atoms with E-state index in [1.54, 1.807) is 24.1 Å². The number of carbonyl (C=O) groups is 1. The highest BCUT2D eigenvalue weighted by atomic mass is 16.2. The molecule has 0 atom stereocenters. The Balaban J connectivity index is 2.60. The van der Waals surface area contributed by atoms with Crippen LogP contribution in [0.25, 0.3) is 0 Å². The molecule has 0 fully saturated rings. The van der Waals surface area contributed by atoms with Crippen LogP contribution in [0, 0.1) is 5.92 Å². The van der Waals surface area contributed by atoms with Gasteiger partial charge < -0.3 is 10.6 Å². The van der Waals surface area contributed by atoms with Crippen molar-refractivity contribution in [2.75, 3.05) is 19.3 Å². The average molecular weight is 221 g/mol. The van der Waals surface area contributed by atoms with Gasteiger partial charge in [-0.15, -0.1) is 0 Å². The molecular weight excluding hydrogens is 202 g/mol. The molecule has 4 heteroatoms. The maximum absolute atomic E-state index is 11.9. The fourth-order valence-corrected chi connectivity index (χ4v) is 1.28. The first-order valence-corrected chi connectivity index (χ1v) is 5.47. The molecule has 4 nitrogen and oxygen atoms in total. The topological polar surface area (TPSA) is 59.2 Å². The first-order valence-electron chi connectivity index (χ1n) is 5.47. The van der Waals surface area contributed by atoms with Crippen LogP contribution in [0.1, 0.15) is 30.8 Å². The number of aromatic nitrogens is 1. The molecular formula is C12H19N3O. The molecule has 0 aliphatic heterocycles. The first kappa shape index (κ1) is 12.5. The molecule has 2 N–H and O–H groups in total. The molecule has 1 amide bonds. The minimum Gasteiger partial charge on any atom is -0.397 e. The summed E-state index contributed by atoms with van der Waals surface area (Å²) in [6.07, 6.45) is 2.50. The standard InChI is InChI=1S/C12H19N3O/c1-9(2)6-7-15(3)12(16)11-5-4-10(13)8-14-11/h4-5,8-9H,6-7,13H2,1-3H3. The summed E-state index contributed by atoms with van der Waals surface area (Å²) in [6.45, 7) is 5.03. The van der Waals surface area contributed by atoms with E-state index in [0.717, 1.165) is 13.0 Å². The van der Waals surface area contributed by atoms with Crippen LogP contribution in [-0.2, 0) is 0 Å². The molecule has 0 bridgehead atoms. The van der Waals surface area contributed by atoms with Crippen molar-refractivity contribution in [1.82, 2.24) is 9.88 Å². The molecule has 0 radical (unpaired) electrons. The second-order valence-electron chi connectivity index (χ2n) is 4.39. The van der Waals surface area contributed by atoms with Gasteiger partial charge in [-0.25, -0.2) is 4.98 Å². The normalized spacial score (nSPS) is 10.5. The molecule has 1 rings (SSSR count). The van der Waals surface area contributed by atoms with Crippen molar-refractivity contribution in [1.29, 1.82) is 0 Å². The summed E-state index contributed by atoms with van der Waals surface area (Å²) in [5, 5.41) is 0. The summed E-state index contributed by atoms with van der Waals surface area (Å²) in [5.41, 5.74) is 6.53. The summed E-state index contributed by atoms with van der Waals surface area (Å²) < 4.78 is 0. The fourth-order valence-electron chi connectivity index (χ4n) is 1.28. The highest BCUT2D eigenvalue weighted by molar-refractivity contribution is 5.92. The van der Waals surface area contributed by atoms with Crippen molar-refractivity contribution in [3.8, 4) is 0 Å². The molecule has 1 heterocycles. The minimum atomic E-state index is -0.0550. The number of nitrogen functional groups attached to an aromatic ring is 1. The highest BCUT2D eigenvalue weighted by Gasteiger charge is 2.12. The number of carbonyl (C=O) groups excluding carboxylic acids is 1. The van der Waals surface area contributed by atoms with Gasteiger partial charge in [0, 0.05) is 13.6 Å². The average Bonchev–Trinajstić information content (AvgIpc) is 2.26. The van der Waals surface area contributed by atoms with Crippen LogP contribution < -0.4 is 5.73 Å². The monoisotopic (exact) mass is 221 g/mol. The molecule has 16 heavy (non-hydrogen) atoms. The Kier molecular flexibility index (Phi) is 4.28. The summed E-state index contributed by atoms with van der Waals surface area (Å²) in [7, 11) is 1.79. The van der Waals surface area contributed by atoms with Gasteiger partial charge in [0.2, 0.25) is 0 Å². The van der Waals surface area contributed by atoms with Crippen LogP contribution in [0.5, 0.6) is 0 Å². The van der Waals surface area contributed by atoms with E-state index in [1.807, 2.05) is 0 Å². The van der Waals surface area contributed by atoms with E-state index in [-0.39, 0.29) is 5.91 Å². The van der Waals surface area contributed by atoms with Gasteiger partial charge in [0.15, 0.2) is 0 Å². The van der Waals surface area contributed by atoms with Crippen LogP contribution >= 0.6 is 0 Å². The minimum absolute atomic E-state index is 0.0550. The Labute approximate surface area is 96.5 Å². The number of hydrogen-bond donors (Lipinski definition) is 1. The second kappa shape index (κ2) is 5.49. The summed E-state index contributed by atoms with van der Waals surface area (Å²) in [5.74, 6) is 0.537. The van der Waals surface area contributed by atoms with E-state index in [9.17, 15) is 4.79 Å². The van der Waals surface area contributed by atoms with Gasteiger partial charge in [0.1, 0.15) is 5.69 Å². The zero-order valence-electron chi connectivity index (χ0n) is 10.1. The molecule has 1 aromatic rings. The smallest absolute Gasteiger partial charge is 0.272 e. The Morgan fingerprint density at radius 2 is 2.19 bits per heavy atom. The summed E-state index contributed by atoms with van der Waals surface area (Å²) in [6, 6.07) is 3.35. The van der Waals surface area contributed by atoms with E-state index in [1.165, 1.54) is 6.20 Å². The number of hydrogen-bond acceptors (Lipinski definition) is 3. The van der Waals surface area contributed by atoms with Gasteiger partial charge in [-0.05, 0) is 24.5 Å². The van der Waals surface area contributed by atoms with Crippen molar-refractivity contribution in [2.24, 2.45) is 5.92 Å². The van der Waals surface area contributed by atoms with Gasteiger partial charge in [-0.3, -0.25) is 4.79 Å². The van der Waals surface area contributed by atoms with Crippen LogP contribution in [-0.4, -0.2) is 29.4 Å². The molecule has 0 aliphatic carbocycles. The van der Waals surface area contributed by atoms with Crippen LogP contribution in [0.3, 0.4) is 0 Å². The van der Waals surface area contributed by atoms with Gasteiger partial charge in [0.25, 0.3) is 5.91 Å². The lowest BCUT2D eigenvalue weighted by Crippen LogP contribution is -2.29. The van der Waals surface area contributed by atoms with Gasteiger partial charge in [0.05, 0.1) is 11.9 Å². The Morgan fingerprint density at radius 1 is 1.50 bits per heavy atom. The predicted molar refractivity (Wildman–Crippen MR) is 65.1 cm³/mol. The molecule has 88 valence electrons. The number of pyridine rings is 1. The van der Waals surface area contributed by atoms with E-state index in [0.29, 0.717) is 17.3 Å². The van der Waals surface area contributed by atoms with Gasteiger partial charge >= 0.3 is 0 Å². The summed E-state index contributed by atoms with van der Waals surface area (Å²) in [4.78, 5) is 17.6. The molecule has 0 saturated carbocycles.